The molecule has 0 bridgehead atoms. The second kappa shape index (κ2) is 6.60. The summed E-state index contributed by atoms with van der Waals surface area (Å²) in [4.78, 5) is 11.4. The molecule has 2 unspecified atom stereocenters. The second-order valence-electron chi connectivity index (χ2n) is 4.01. The molecule has 0 aliphatic carbocycles. The second-order valence-corrected chi connectivity index (χ2v) is 4.01. The van der Waals surface area contributed by atoms with E-state index in [9.17, 15) is 4.79 Å². The first-order valence-electron chi connectivity index (χ1n) is 5.57. The molecule has 0 amide bonds. The average Bonchev–Trinajstić information content (AvgIpc) is 2.71. The topological polar surface area (TPSA) is 52.3 Å². The number of Topliss-reactive ketones (excluding diaryl/α,β-unsaturated/α-hetero) is 1. The molecule has 1 rings (SSSR count). The molecule has 84 valence electrons. The highest BCUT2D eigenvalue weighted by molar-refractivity contribution is 5.83. The Morgan fingerprint density at radius 2 is 2.47 bits per heavy atom. The summed E-state index contributed by atoms with van der Waals surface area (Å²) >= 11 is 0. The van der Waals surface area contributed by atoms with E-state index in [4.69, 9.17) is 16.9 Å². The van der Waals surface area contributed by atoms with Gasteiger partial charge in [-0.1, -0.05) is 0 Å². The minimum Gasteiger partial charge on any atom is -0.378 e. The van der Waals surface area contributed by atoms with Crippen LogP contribution in [0.1, 0.15) is 38.5 Å². The summed E-state index contributed by atoms with van der Waals surface area (Å²) in [5.74, 6) is 2.48. The standard InChI is InChI=1S/C12H19NO2/c1-2-5-11(13)12(14)8-3-6-10-7-4-9-15-10/h1,10-11H,3-9,13H2. The van der Waals surface area contributed by atoms with Crippen molar-refractivity contribution in [3.05, 3.63) is 0 Å². The van der Waals surface area contributed by atoms with E-state index in [1.807, 2.05) is 0 Å². The molecule has 0 aromatic rings. The minimum atomic E-state index is -0.473. The Kier molecular flexibility index (Phi) is 5.38. The Morgan fingerprint density at radius 1 is 1.67 bits per heavy atom. The lowest BCUT2D eigenvalue weighted by Crippen LogP contribution is -2.29. The first kappa shape index (κ1) is 12.2. The summed E-state index contributed by atoms with van der Waals surface area (Å²) in [6, 6.07) is -0.473. The SMILES string of the molecule is C#CCC(N)C(=O)CCCC1CCCO1. The molecule has 0 aromatic heterocycles. The van der Waals surface area contributed by atoms with Gasteiger partial charge in [0.1, 0.15) is 0 Å². The zero-order valence-corrected chi connectivity index (χ0v) is 9.08. The van der Waals surface area contributed by atoms with Crippen LogP contribution in [0.3, 0.4) is 0 Å². The maximum absolute atomic E-state index is 11.4. The molecule has 0 aromatic carbocycles. The van der Waals surface area contributed by atoms with E-state index in [2.05, 4.69) is 5.92 Å². The fourth-order valence-corrected chi connectivity index (χ4v) is 1.80. The quantitative estimate of drug-likeness (QED) is 0.670. The molecular formula is C12H19NO2. The average molecular weight is 209 g/mol. The molecule has 3 nitrogen and oxygen atoms in total. The molecule has 0 saturated carbocycles. The number of hydrogen-bond acceptors (Lipinski definition) is 3. The Morgan fingerprint density at radius 3 is 3.07 bits per heavy atom. The summed E-state index contributed by atoms with van der Waals surface area (Å²) in [5, 5.41) is 0. The number of carbonyl (C=O) groups excluding carboxylic acids is 1. The highest BCUT2D eigenvalue weighted by Gasteiger charge is 2.17. The van der Waals surface area contributed by atoms with Gasteiger partial charge in [0.2, 0.25) is 0 Å². The fraction of sp³-hybridized carbons (Fsp3) is 0.750. The van der Waals surface area contributed by atoms with Gasteiger partial charge in [0.05, 0.1) is 12.1 Å². The van der Waals surface area contributed by atoms with Crippen LogP contribution in [0.5, 0.6) is 0 Å². The van der Waals surface area contributed by atoms with Gasteiger partial charge in [0.25, 0.3) is 0 Å². The molecule has 1 aliphatic heterocycles. The zero-order chi connectivity index (χ0) is 11.1. The maximum Gasteiger partial charge on any atom is 0.150 e. The van der Waals surface area contributed by atoms with Gasteiger partial charge in [-0.2, -0.15) is 0 Å². The molecule has 3 heteroatoms. The molecule has 2 N–H and O–H groups in total. The largest absolute Gasteiger partial charge is 0.378 e. The van der Waals surface area contributed by atoms with Gasteiger partial charge in [-0.25, -0.2) is 0 Å². The van der Waals surface area contributed by atoms with E-state index < -0.39 is 6.04 Å². The van der Waals surface area contributed by atoms with Crippen molar-refractivity contribution in [2.24, 2.45) is 5.73 Å². The molecule has 15 heavy (non-hydrogen) atoms. The summed E-state index contributed by atoms with van der Waals surface area (Å²) in [5.41, 5.74) is 5.60. The van der Waals surface area contributed by atoms with Gasteiger partial charge >= 0.3 is 0 Å². The van der Waals surface area contributed by atoms with Crippen LogP contribution in [-0.4, -0.2) is 24.5 Å². The van der Waals surface area contributed by atoms with Crippen LogP contribution in [0.4, 0.5) is 0 Å². The highest BCUT2D eigenvalue weighted by Crippen LogP contribution is 2.17. The van der Waals surface area contributed by atoms with Crippen molar-refractivity contribution in [3.63, 3.8) is 0 Å². The van der Waals surface area contributed by atoms with Gasteiger partial charge in [0, 0.05) is 19.4 Å². The van der Waals surface area contributed by atoms with Crippen molar-refractivity contribution in [3.8, 4) is 12.3 Å². The van der Waals surface area contributed by atoms with Gasteiger partial charge < -0.3 is 10.5 Å². The minimum absolute atomic E-state index is 0.0750. The first-order chi connectivity index (χ1) is 7.24. The summed E-state index contributed by atoms with van der Waals surface area (Å²) in [6.07, 6.45) is 10.4. The third-order valence-corrected chi connectivity index (χ3v) is 2.72. The molecule has 0 radical (unpaired) electrons. The van der Waals surface area contributed by atoms with Gasteiger partial charge in [-0.3, -0.25) is 4.79 Å². The van der Waals surface area contributed by atoms with Gasteiger partial charge in [-0.15, -0.1) is 12.3 Å². The van der Waals surface area contributed by atoms with Crippen LogP contribution in [0.2, 0.25) is 0 Å². The number of carbonyl (C=O) groups is 1. The first-order valence-corrected chi connectivity index (χ1v) is 5.57. The van der Waals surface area contributed by atoms with Crippen LogP contribution >= 0.6 is 0 Å². The third kappa shape index (κ3) is 4.46. The Labute approximate surface area is 91.4 Å². The van der Waals surface area contributed by atoms with Crippen molar-refractivity contribution in [2.45, 2.75) is 50.7 Å². The van der Waals surface area contributed by atoms with E-state index >= 15 is 0 Å². The van der Waals surface area contributed by atoms with Crippen LogP contribution in [0.15, 0.2) is 0 Å². The van der Waals surface area contributed by atoms with Crippen molar-refractivity contribution in [1.82, 2.24) is 0 Å². The Bertz CT molecular complexity index is 238. The van der Waals surface area contributed by atoms with Crippen LogP contribution in [0.25, 0.3) is 0 Å². The van der Waals surface area contributed by atoms with E-state index in [-0.39, 0.29) is 5.78 Å². The molecule has 0 spiro atoms. The summed E-state index contributed by atoms with van der Waals surface area (Å²) in [6.45, 7) is 0.870. The van der Waals surface area contributed by atoms with Crippen molar-refractivity contribution < 1.29 is 9.53 Å². The molecule has 1 aliphatic rings. The normalized spacial score (nSPS) is 22.3. The Hall–Kier alpha value is -0.850. The maximum atomic E-state index is 11.4. The molecule has 1 heterocycles. The highest BCUT2D eigenvalue weighted by atomic mass is 16.5. The third-order valence-electron chi connectivity index (χ3n) is 2.72. The van der Waals surface area contributed by atoms with Crippen molar-refractivity contribution >= 4 is 5.78 Å². The number of rotatable bonds is 6. The van der Waals surface area contributed by atoms with E-state index in [0.717, 1.165) is 32.3 Å². The predicted molar refractivity (Wildman–Crippen MR) is 59.3 cm³/mol. The summed E-state index contributed by atoms with van der Waals surface area (Å²) in [7, 11) is 0. The van der Waals surface area contributed by atoms with Gasteiger partial charge in [-0.05, 0) is 25.7 Å². The van der Waals surface area contributed by atoms with E-state index in [1.165, 1.54) is 0 Å². The number of terminal acetylenes is 1. The molecule has 1 saturated heterocycles. The summed E-state index contributed by atoms with van der Waals surface area (Å²) < 4.78 is 5.47. The lowest BCUT2D eigenvalue weighted by atomic mass is 10.0. The molecular weight excluding hydrogens is 190 g/mol. The number of ketones is 1. The fourth-order valence-electron chi connectivity index (χ4n) is 1.80. The number of nitrogens with two attached hydrogens (primary N) is 1. The predicted octanol–water partition coefficient (Wildman–Crippen LogP) is 1.26. The lowest BCUT2D eigenvalue weighted by molar-refractivity contribution is -0.120. The number of hydrogen-bond donors (Lipinski definition) is 1. The van der Waals surface area contributed by atoms with E-state index in [0.29, 0.717) is 18.9 Å². The monoisotopic (exact) mass is 209 g/mol. The van der Waals surface area contributed by atoms with Crippen LogP contribution in [0, 0.1) is 12.3 Å². The number of ether oxygens (including phenoxy) is 1. The van der Waals surface area contributed by atoms with Crippen LogP contribution in [-0.2, 0) is 9.53 Å². The molecule has 1 fully saturated rings. The van der Waals surface area contributed by atoms with Crippen LogP contribution < -0.4 is 5.73 Å². The van der Waals surface area contributed by atoms with Crippen molar-refractivity contribution in [1.29, 1.82) is 0 Å². The Balaban J connectivity index is 2.08. The lowest BCUT2D eigenvalue weighted by Gasteiger charge is -2.10. The smallest absolute Gasteiger partial charge is 0.150 e. The van der Waals surface area contributed by atoms with E-state index in [1.54, 1.807) is 0 Å². The zero-order valence-electron chi connectivity index (χ0n) is 9.08. The van der Waals surface area contributed by atoms with Gasteiger partial charge in [0.15, 0.2) is 5.78 Å². The molecule has 2 atom stereocenters. The van der Waals surface area contributed by atoms with Crippen molar-refractivity contribution in [2.75, 3.05) is 6.61 Å².